The summed E-state index contributed by atoms with van der Waals surface area (Å²) in [5.74, 6) is 0.0699. The predicted molar refractivity (Wildman–Crippen MR) is 80.9 cm³/mol. The summed E-state index contributed by atoms with van der Waals surface area (Å²) >= 11 is 0. The van der Waals surface area contributed by atoms with E-state index in [1.54, 1.807) is 13.2 Å². The zero-order valence-electron chi connectivity index (χ0n) is 12.3. The zero-order valence-corrected chi connectivity index (χ0v) is 12.3. The second-order valence-electron chi connectivity index (χ2n) is 4.83. The third kappa shape index (κ3) is 4.41. The first-order valence-electron chi connectivity index (χ1n) is 6.88. The Hall–Kier alpha value is -2.69. The monoisotopic (exact) mass is 302 g/mol. The Kier molecular flexibility index (Phi) is 5.25. The van der Waals surface area contributed by atoms with Crippen molar-refractivity contribution in [3.63, 3.8) is 0 Å². The molecule has 0 heterocycles. The first-order chi connectivity index (χ1) is 10.6. The van der Waals surface area contributed by atoms with E-state index in [4.69, 9.17) is 9.47 Å². The van der Waals surface area contributed by atoms with Crippen LogP contribution < -0.4 is 4.74 Å². The number of carbonyl (C=O) groups excluding carboxylic acids is 1. The highest BCUT2D eigenvalue weighted by molar-refractivity contribution is 5.69. The van der Waals surface area contributed by atoms with E-state index in [1.165, 1.54) is 12.1 Å². The average Bonchev–Trinajstić information content (AvgIpc) is 2.54. The number of methoxy groups -OCH3 is 1. The van der Waals surface area contributed by atoms with E-state index < -0.39 is 0 Å². The molecule has 0 saturated heterocycles. The van der Waals surface area contributed by atoms with E-state index in [-0.39, 0.29) is 30.5 Å². The molecule has 2 aromatic rings. The SMILES string of the molecule is COc1ccc(COC(=O)CCc2ccc(O)c(O)c2)cc1. The first-order valence-corrected chi connectivity index (χ1v) is 6.88. The Morgan fingerprint density at radius 2 is 1.68 bits per heavy atom. The molecule has 0 aliphatic carbocycles. The van der Waals surface area contributed by atoms with Crippen molar-refractivity contribution in [1.82, 2.24) is 0 Å². The van der Waals surface area contributed by atoms with E-state index in [1.807, 2.05) is 24.3 Å². The maximum absolute atomic E-state index is 11.7. The summed E-state index contributed by atoms with van der Waals surface area (Å²) in [6.45, 7) is 0.212. The molecule has 2 aromatic carbocycles. The van der Waals surface area contributed by atoms with Gasteiger partial charge in [-0.15, -0.1) is 0 Å². The first kappa shape index (κ1) is 15.7. The van der Waals surface area contributed by atoms with Crippen LogP contribution in [0.25, 0.3) is 0 Å². The number of esters is 1. The normalized spacial score (nSPS) is 10.2. The van der Waals surface area contributed by atoms with Gasteiger partial charge < -0.3 is 19.7 Å². The highest BCUT2D eigenvalue weighted by Gasteiger charge is 2.06. The van der Waals surface area contributed by atoms with Gasteiger partial charge in [-0.25, -0.2) is 0 Å². The van der Waals surface area contributed by atoms with Crippen molar-refractivity contribution in [1.29, 1.82) is 0 Å². The molecule has 0 atom stereocenters. The highest BCUT2D eigenvalue weighted by Crippen LogP contribution is 2.25. The molecule has 2 rings (SSSR count). The number of aromatic hydroxyl groups is 2. The quantitative estimate of drug-likeness (QED) is 0.634. The minimum atomic E-state index is -0.316. The lowest BCUT2D eigenvalue weighted by Gasteiger charge is -2.06. The van der Waals surface area contributed by atoms with Crippen LogP contribution in [-0.2, 0) is 22.6 Å². The molecule has 2 N–H and O–H groups in total. The topological polar surface area (TPSA) is 76.0 Å². The molecule has 0 saturated carbocycles. The number of phenols is 2. The summed E-state index contributed by atoms with van der Waals surface area (Å²) in [5, 5.41) is 18.6. The summed E-state index contributed by atoms with van der Waals surface area (Å²) in [5.41, 5.74) is 1.65. The molecule has 0 unspecified atom stereocenters. The highest BCUT2D eigenvalue weighted by atomic mass is 16.5. The second kappa shape index (κ2) is 7.36. The minimum absolute atomic E-state index is 0.175. The van der Waals surface area contributed by atoms with Crippen LogP contribution in [0.5, 0.6) is 17.2 Å². The molecule has 0 fully saturated rings. The van der Waals surface area contributed by atoms with Crippen LogP contribution in [0.15, 0.2) is 42.5 Å². The smallest absolute Gasteiger partial charge is 0.306 e. The third-order valence-corrected chi connectivity index (χ3v) is 3.22. The Morgan fingerprint density at radius 1 is 1.00 bits per heavy atom. The molecule has 5 heteroatoms. The van der Waals surface area contributed by atoms with E-state index in [9.17, 15) is 15.0 Å². The van der Waals surface area contributed by atoms with Gasteiger partial charge in [-0.1, -0.05) is 18.2 Å². The molecule has 0 aliphatic heterocycles. The van der Waals surface area contributed by atoms with Crippen LogP contribution in [0.2, 0.25) is 0 Å². The van der Waals surface area contributed by atoms with Crippen LogP contribution in [0.4, 0.5) is 0 Å². The van der Waals surface area contributed by atoms with E-state index in [0.29, 0.717) is 6.42 Å². The Balaban J connectivity index is 1.78. The molecular formula is C17H18O5. The van der Waals surface area contributed by atoms with Gasteiger partial charge >= 0.3 is 5.97 Å². The molecule has 116 valence electrons. The summed E-state index contributed by atoms with van der Waals surface area (Å²) in [6.07, 6.45) is 0.648. The zero-order chi connectivity index (χ0) is 15.9. The number of hydrogen-bond donors (Lipinski definition) is 2. The van der Waals surface area contributed by atoms with Crippen LogP contribution in [0.1, 0.15) is 17.5 Å². The lowest BCUT2D eigenvalue weighted by molar-refractivity contribution is -0.144. The number of carbonyl (C=O) groups is 1. The fraction of sp³-hybridized carbons (Fsp3) is 0.235. The number of rotatable bonds is 6. The number of hydrogen-bond acceptors (Lipinski definition) is 5. The van der Waals surface area contributed by atoms with Crippen molar-refractivity contribution < 1.29 is 24.5 Å². The van der Waals surface area contributed by atoms with Gasteiger partial charge in [-0.05, 0) is 41.8 Å². The van der Waals surface area contributed by atoms with Gasteiger partial charge in [0, 0.05) is 6.42 Å². The molecule has 0 amide bonds. The molecule has 0 radical (unpaired) electrons. The molecule has 0 spiro atoms. The van der Waals surface area contributed by atoms with E-state index in [0.717, 1.165) is 16.9 Å². The lowest BCUT2D eigenvalue weighted by Crippen LogP contribution is -2.06. The van der Waals surface area contributed by atoms with Crippen molar-refractivity contribution in [3.8, 4) is 17.2 Å². The van der Waals surface area contributed by atoms with Crippen molar-refractivity contribution in [2.75, 3.05) is 7.11 Å². The minimum Gasteiger partial charge on any atom is -0.504 e. The molecule has 0 aliphatic rings. The fourth-order valence-electron chi connectivity index (χ4n) is 1.93. The Morgan fingerprint density at radius 3 is 2.32 bits per heavy atom. The molecule has 5 nitrogen and oxygen atoms in total. The molecule has 22 heavy (non-hydrogen) atoms. The van der Waals surface area contributed by atoms with Gasteiger partial charge in [0.2, 0.25) is 0 Å². The van der Waals surface area contributed by atoms with Crippen molar-refractivity contribution in [3.05, 3.63) is 53.6 Å². The summed E-state index contributed by atoms with van der Waals surface area (Å²) in [4.78, 5) is 11.7. The van der Waals surface area contributed by atoms with Gasteiger partial charge in [0.15, 0.2) is 11.5 Å². The Labute approximate surface area is 128 Å². The molecule has 0 aromatic heterocycles. The number of benzene rings is 2. The van der Waals surface area contributed by atoms with Crippen molar-refractivity contribution in [2.45, 2.75) is 19.4 Å². The largest absolute Gasteiger partial charge is 0.504 e. The van der Waals surface area contributed by atoms with E-state index >= 15 is 0 Å². The fourth-order valence-corrected chi connectivity index (χ4v) is 1.93. The van der Waals surface area contributed by atoms with Gasteiger partial charge in [-0.3, -0.25) is 4.79 Å². The van der Waals surface area contributed by atoms with Crippen molar-refractivity contribution in [2.24, 2.45) is 0 Å². The molecule has 0 bridgehead atoms. The van der Waals surface area contributed by atoms with Crippen LogP contribution >= 0.6 is 0 Å². The number of ether oxygens (including phenoxy) is 2. The predicted octanol–water partition coefficient (Wildman–Crippen LogP) is 2.78. The number of phenolic OH excluding ortho intramolecular Hbond substituents is 2. The standard InChI is InChI=1S/C17H18O5/c1-21-14-6-2-13(3-7-14)11-22-17(20)9-5-12-4-8-15(18)16(19)10-12/h2-4,6-8,10,18-19H,5,9,11H2,1H3. The van der Waals surface area contributed by atoms with Crippen LogP contribution in [0, 0.1) is 0 Å². The Bertz CT molecular complexity index is 634. The van der Waals surface area contributed by atoms with Gasteiger partial charge in [0.05, 0.1) is 7.11 Å². The maximum atomic E-state index is 11.7. The maximum Gasteiger partial charge on any atom is 0.306 e. The average molecular weight is 302 g/mol. The van der Waals surface area contributed by atoms with Crippen LogP contribution in [0.3, 0.4) is 0 Å². The second-order valence-corrected chi connectivity index (χ2v) is 4.83. The van der Waals surface area contributed by atoms with Gasteiger partial charge in [0.25, 0.3) is 0 Å². The summed E-state index contributed by atoms with van der Waals surface area (Å²) < 4.78 is 10.2. The summed E-state index contributed by atoms with van der Waals surface area (Å²) in [6, 6.07) is 11.8. The van der Waals surface area contributed by atoms with Crippen LogP contribution in [-0.4, -0.2) is 23.3 Å². The summed E-state index contributed by atoms with van der Waals surface area (Å²) in [7, 11) is 1.59. The number of aryl methyl sites for hydroxylation is 1. The van der Waals surface area contributed by atoms with E-state index in [2.05, 4.69) is 0 Å². The van der Waals surface area contributed by atoms with Gasteiger partial charge in [-0.2, -0.15) is 0 Å². The van der Waals surface area contributed by atoms with Crippen molar-refractivity contribution >= 4 is 5.97 Å². The molecular weight excluding hydrogens is 284 g/mol. The van der Waals surface area contributed by atoms with Gasteiger partial charge in [0.1, 0.15) is 12.4 Å². The third-order valence-electron chi connectivity index (χ3n) is 3.22. The lowest BCUT2D eigenvalue weighted by atomic mass is 10.1.